The molecule has 0 aromatic rings. The topological polar surface area (TPSA) is 18.5 Å². The highest BCUT2D eigenvalue weighted by Gasteiger charge is 2.37. The highest BCUT2D eigenvalue weighted by molar-refractivity contribution is 6.74. The molecule has 0 amide bonds. The molecule has 1 heterocycles. The van der Waals surface area contributed by atoms with Crippen LogP contribution in [0.15, 0.2) is 12.3 Å². The molecule has 1 aliphatic heterocycles. The van der Waals surface area contributed by atoms with E-state index >= 15 is 0 Å². The lowest BCUT2D eigenvalue weighted by atomic mass is 9.93. The maximum atomic E-state index is 6.21. The molecule has 1 rings (SSSR count). The average molecular weight is 270 g/mol. The minimum atomic E-state index is -1.61. The zero-order valence-corrected chi connectivity index (χ0v) is 14.0. The molecule has 2 atom stereocenters. The van der Waals surface area contributed by atoms with E-state index < -0.39 is 8.32 Å². The van der Waals surface area contributed by atoms with Crippen molar-refractivity contribution >= 4 is 8.32 Å². The molecule has 0 aromatic carbocycles. The van der Waals surface area contributed by atoms with E-state index in [1.54, 1.807) is 0 Å². The molecule has 1 aliphatic rings. The van der Waals surface area contributed by atoms with Crippen molar-refractivity contribution in [2.75, 3.05) is 6.61 Å². The molecule has 1 fully saturated rings. The Hall–Kier alpha value is -0.283. The maximum Gasteiger partial charge on any atom is 0.191 e. The first-order chi connectivity index (χ1) is 8.13. The van der Waals surface area contributed by atoms with Crippen LogP contribution in [-0.4, -0.2) is 21.0 Å². The molecule has 0 N–H and O–H groups in total. The summed E-state index contributed by atoms with van der Waals surface area (Å²) in [6.45, 7) is 18.5. The highest BCUT2D eigenvalue weighted by Crippen LogP contribution is 2.37. The van der Waals surface area contributed by atoms with Gasteiger partial charge < -0.3 is 9.16 Å². The first-order valence-electron chi connectivity index (χ1n) is 7.12. The fourth-order valence-electron chi connectivity index (χ4n) is 1.95. The predicted molar refractivity (Wildman–Crippen MR) is 80.2 cm³/mol. The molecule has 106 valence electrons. The Kier molecular flexibility index (Phi) is 5.07. The fraction of sp³-hybridized carbons (Fsp3) is 0.867. The maximum absolute atomic E-state index is 6.21. The molecule has 1 saturated heterocycles. The molecule has 0 radical (unpaired) electrons. The quantitative estimate of drug-likeness (QED) is 0.688. The van der Waals surface area contributed by atoms with E-state index in [1.165, 1.54) is 6.42 Å². The number of allylic oxidation sites excluding steroid dienone is 1. The SMILES string of the molecule is C=C1CC[C@@H](C)[C@@H](CCO[Si](C)(C)C(C)(C)C)O1. The van der Waals surface area contributed by atoms with Gasteiger partial charge in [0, 0.05) is 19.4 Å². The monoisotopic (exact) mass is 270 g/mol. The Balaban J connectivity index is 2.39. The Morgan fingerprint density at radius 1 is 1.39 bits per heavy atom. The third-order valence-electron chi connectivity index (χ3n) is 4.50. The van der Waals surface area contributed by atoms with E-state index in [0.717, 1.165) is 25.2 Å². The van der Waals surface area contributed by atoms with E-state index in [0.29, 0.717) is 12.0 Å². The van der Waals surface area contributed by atoms with Crippen molar-refractivity contribution in [1.29, 1.82) is 0 Å². The van der Waals surface area contributed by atoms with Crippen LogP contribution in [0.2, 0.25) is 18.1 Å². The van der Waals surface area contributed by atoms with E-state index in [4.69, 9.17) is 9.16 Å². The molecule has 0 spiro atoms. The molecular formula is C15H30O2Si. The predicted octanol–water partition coefficient (Wildman–Crippen LogP) is 4.73. The zero-order valence-electron chi connectivity index (χ0n) is 13.0. The van der Waals surface area contributed by atoms with Crippen molar-refractivity contribution in [3.05, 3.63) is 12.3 Å². The number of ether oxygens (including phenoxy) is 1. The van der Waals surface area contributed by atoms with E-state index in [1.807, 2.05) is 0 Å². The number of rotatable bonds is 4. The van der Waals surface area contributed by atoms with Crippen LogP contribution in [0.3, 0.4) is 0 Å². The van der Waals surface area contributed by atoms with Crippen LogP contribution in [0.1, 0.15) is 47.0 Å². The standard InChI is InChI=1S/C15H30O2Si/c1-12-8-9-13(2)17-14(12)10-11-16-18(6,7)15(3,4)5/h12,14H,2,8-11H2,1,3-7H3/t12-,14-/m1/s1. The van der Waals surface area contributed by atoms with Crippen LogP contribution in [-0.2, 0) is 9.16 Å². The third kappa shape index (κ3) is 4.13. The van der Waals surface area contributed by atoms with Crippen LogP contribution in [0.25, 0.3) is 0 Å². The summed E-state index contributed by atoms with van der Waals surface area (Å²) in [5.74, 6) is 1.57. The molecule has 2 nitrogen and oxygen atoms in total. The van der Waals surface area contributed by atoms with Crippen molar-refractivity contribution in [2.24, 2.45) is 5.92 Å². The lowest BCUT2D eigenvalue weighted by Gasteiger charge is -2.37. The molecule has 0 aromatic heterocycles. The van der Waals surface area contributed by atoms with Gasteiger partial charge in [0.2, 0.25) is 0 Å². The lowest BCUT2D eigenvalue weighted by Crippen LogP contribution is -2.41. The molecule has 0 saturated carbocycles. The summed E-state index contributed by atoms with van der Waals surface area (Å²) in [5.41, 5.74) is 0. The second-order valence-corrected chi connectivity index (χ2v) is 11.9. The third-order valence-corrected chi connectivity index (χ3v) is 9.04. The van der Waals surface area contributed by atoms with Crippen LogP contribution >= 0.6 is 0 Å². The van der Waals surface area contributed by atoms with E-state index in [9.17, 15) is 0 Å². The van der Waals surface area contributed by atoms with Crippen LogP contribution in [0, 0.1) is 5.92 Å². The van der Waals surface area contributed by atoms with Crippen molar-refractivity contribution in [2.45, 2.75) is 71.2 Å². The molecule has 3 heteroatoms. The summed E-state index contributed by atoms with van der Waals surface area (Å²) in [6, 6.07) is 0. The summed E-state index contributed by atoms with van der Waals surface area (Å²) in [4.78, 5) is 0. The summed E-state index contributed by atoms with van der Waals surface area (Å²) in [6.07, 6.45) is 3.51. The van der Waals surface area contributed by atoms with Crippen LogP contribution in [0.4, 0.5) is 0 Å². The second-order valence-electron chi connectivity index (χ2n) is 7.11. The smallest absolute Gasteiger partial charge is 0.191 e. The lowest BCUT2D eigenvalue weighted by molar-refractivity contribution is 0.0164. The largest absolute Gasteiger partial charge is 0.495 e. The van der Waals surface area contributed by atoms with Crippen molar-refractivity contribution < 1.29 is 9.16 Å². The van der Waals surface area contributed by atoms with Gasteiger partial charge in [-0.1, -0.05) is 34.3 Å². The van der Waals surface area contributed by atoms with Gasteiger partial charge >= 0.3 is 0 Å². The normalized spacial score (nSPS) is 26.0. The Morgan fingerprint density at radius 3 is 2.56 bits per heavy atom. The van der Waals surface area contributed by atoms with Crippen LogP contribution < -0.4 is 0 Å². The molecular weight excluding hydrogens is 240 g/mol. The van der Waals surface area contributed by atoms with Gasteiger partial charge in [-0.3, -0.25) is 0 Å². The average Bonchev–Trinajstić information content (AvgIpc) is 2.21. The van der Waals surface area contributed by atoms with Gasteiger partial charge in [0.1, 0.15) is 6.10 Å². The minimum Gasteiger partial charge on any atom is -0.495 e. The summed E-state index contributed by atoms with van der Waals surface area (Å²) in [5, 5.41) is 0.287. The van der Waals surface area contributed by atoms with Gasteiger partial charge in [0.05, 0.1) is 5.76 Å². The summed E-state index contributed by atoms with van der Waals surface area (Å²) >= 11 is 0. The molecule has 0 unspecified atom stereocenters. The summed E-state index contributed by atoms with van der Waals surface area (Å²) < 4.78 is 12.0. The van der Waals surface area contributed by atoms with Crippen LogP contribution in [0.5, 0.6) is 0 Å². The molecule has 18 heavy (non-hydrogen) atoms. The number of hydrogen-bond donors (Lipinski definition) is 0. The van der Waals surface area contributed by atoms with Crippen molar-refractivity contribution in [3.63, 3.8) is 0 Å². The zero-order chi connectivity index (χ0) is 14.0. The summed E-state index contributed by atoms with van der Waals surface area (Å²) in [7, 11) is -1.61. The fourth-order valence-corrected chi connectivity index (χ4v) is 3.02. The van der Waals surface area contributed by atoms with E-state index in [2.05, 4.69) is 47.4 Å². The van der Waals surface area contributed by atoms with Gasteiger partial charge in [0.15, 0.2) is 8.32 Å². The van der Waals surface area contributed by atoms with Gasteiger partial charge in [-0.15, -0.1) is 0 Å². The first kappa shape index (κ1) is 15.8. The number of hydrogen-bond acceptors (Lipinski definition) is 2. The van der Waals surface area contributed by atoms with Gasteiger partial charge in [-0.2, -0.15) is 0 Å². The van der Waals surface area contributed by atoms with Crippen molar-refractivity contribution in [3.8, 4) is 0 Å². The van der Waals surface area contributed by atoms with Gasteiger partial charge in [-0.05, 0) is 30.5 Å². The molecule has 0 aliphatic carbocycles. The van der Waals surface area contributed by atoms with E-state index in [-0.39, 0.29) is 5.04 Å². The Morgan fingerprint density at radius 2 is 2.00 bits per heavy atom. The highest BCUT2D eigenvalue weighted by atomic mass is 28.4. The van der Waals surface area contributed by atoms with Gasteiger partial charge in [-0.25, -0.2) is 0 Å². The Labute approximate surface area is 114 Å². The van der Waals surface area contributed by atoms with Crippen molar-refractivity contribution in [1.82, 2.24) is 0 Å². The first-order valence-corrected chi connectivity index (χ1v) is 10.0. The minimum absolute atomic E-state index is 0.287. The van der Waals surface area contributed by atoms with Gasteiger partial charge in [0.25, 0.3) is 0 Å². The second kappa shape index (κ2) is 5.79. The Bertz CT molecular complexity index is 291. The molecule has 0 bridgehead atoms.